The van der Waals surface area contributed by atoms with E-state index < -0.39 is 12.0 Å². The molecule has 1 aliphatic heterocycles. The molecule has 1 fully saturated rings. The quantitative estimate of drug-likeness (QED) is 0.895. The van der Waals surface area contributed by atoms with Crippen molar-refractivity contribution in [2.45, 2.75) is 6.04 Å². The number of amides is 1. The van der Waals surface area contributed by atoms with Crippen molar-refractivity contribution in [1.82, 2.24) is 14.9 Å². The van der Waals surface area contributed by atoms with Crippen molar-refractivity contribution in [3.63, 3.8) is 0 Å². The fourth-order valence-corrected chi connectivity index (χ4v) is 3.31. The molecular weight excluding hydrogens is 278 g/mol. The van der Waals surface area contributed by atoms with Crippen LogP contribution in [0.2, 0.25) is 0 Å². The molecule has 20 heavy (non-hydrogen) atoms. The number of nitrogens with zero attached hydrogens (tertiary/aromatic N) is 3. The van der Waals surface area contributed by atoms with Crippen molar-refractivity contribution in [2.24, 2.45) is 0 Å². The molecule has 0 bridgehead atoms. The zero-order valence-corrected chi connectivity index (χ0v) is 11.2. The van der Waals surface area contributed by atoms with Gasteiger partial charge in [-0.2, -0.15) is 0 Å². The second kappa shape index (κ2) is 5.09. The Morgan fingerprint density at radius 1 is 1.30 bits per heavy atom. The van der Waals surface area contributed by atoms with Crippen molar-refractivity contribution < 1.29 is 14.7 Å². The SMILES string of the molecule is O=C(O)[C@@H]1CSCN1C(=O)c1cccc2nccnc12. The van der Waals surface area contributed by atoms with Crippen LogP contribution in [0.4, 0.5) is 0 Å². The Morgan fingerprint density at radius 3 is 2.90 bits per heavy atom. The summed E-state index contributed by atoms with van der Waals surface area (Å²) in [7, 11) is 0. The number of aliphatic carboxylic acids is 1. The Hall–Kier alpha value is -2.15. The van der Waals surface area contributed by atoms with Gasteiger partial charge in [-0.3, -0.25) is 14.8 Å². The molecule has 1 amide bonds. The van der Waals surface area contributed by atoms with Gasteiger partial charge in [0.25, 0.3) is 5.91 Å². The minimum absolute atomic E-state index is 0.312. The summed E-state index contributed by atoms with van der Waals surface area (Å²) in [5.74, 6) is -0.493. The van der Waals surface area contributed by atoms with Gasteiger partial charge in [0.05, 0.1) is 17.0 Å². The second-order valence-electron chi connectivity index (χ2n) is 4.36. The minimum Gasteiger partial charge on any atom is -0.480 e. The van der Waals surface area contributed by atoms with Gasteiger partial charge in [0.1, 0.15) is 11.6 Å². The van der Waals surface area contributed by atoms with Crippen molar-refractivity contribution in [3.05, 3.63) is 36.2 Å². The predicted octanol–water partition coefficient (Wildman–Crippen LogP) is 1.23. The molecule has 1 saturated heterocycles. The number of fused-ring (bicyclic) bond motifs is 1. The van der Waals surface area contributed by atoms with Gasteiger partial charge in [0.2, 0.25) is 0 Å². The molecule has 6 nitrogen and oxygen atoms in total. The third-order valence-electron chi connectivity index (χ3n) is 3.16. The third-order valence-corrected chi connectivity index (χ3v) is 4.17. The number of carbonyl (C=O) groups is 2. The van der Waals surface area contributed by atoms with Gasteiger partial charge in [0, 0.05) is 18.1 Å². The number of hydrogen-bond donors (Lipinski definition) is 1. The molecule has 1 aliphatic rings. The first kappa shape index (κ1) is 12.9. The van der Waals surface area contributed by atoms with E-state index in [1.54, 1.807) is 24.4 Å². The summed E-state index contributed by atoms with van der Waals surface area (Å²) < 4.78 is 0. The number of carboxylic acid groups (broad SMARTS) is 1. The Morgan fingerprint density at radius 2 is 2.10 bits per heavy atom. The molecule has 0 unspecified atom stereocenters. The van der Waals surface area contributed by atoms with E-state index in [9.17, 15) is 9.59 Å². The first-order valence-electron chi connectivity index (χ1n) is 6.00. The van der Waals surface area contributed by atoms with Crippen LogP contribution in [0.3, 0.4) is 0 Å². The van der Waals surface area contributed by atoms with Crippen molar-refractivity contribution in [1.29, 1.82) is 0 Å². The molecule has 0 saturated carbocycles. The zero-order chi connectivity index (χ0) is 14.1. The maximum Gasteiger partial charge on any atom is 0.327 e. The van der Waals surface area contributed by atoms with Crippen LogP contribution in [0.15, 0.2) is 30.6 Å². The highest BCUT2D eigenvalue weighted by molar-refractivity contribution is 7.99. The average Bonchev–Trinajstić information content (AvgIpc) is 2.95. The summed E-state index contributed by atoms with van der Waals surface area (Å²) in [5, 5.41) is 9.16. The van der Waals surface area contributed by atoms with Crippen LogP contribution < -0.4 is 0 Å². The smallest absolute Gasteiger partial charge is 0.327 e. The van der Waals surface area contributed by atoms with Crippen LogP contribution in [-0.2, 0) is 4.79 Å². The fraction of sp³-hybridized carbons (Fsp3) is 0.231. The topological polar surface area (TPSA) is 83.4 Å². The number of carbonyl (C=O) groups excluding carboxylic acids is 1. The fourth-order valence-electron chi connectivity index (χ4n) is 2.17. The highest BCUT2D eigenvalue weighted by atomic mass is 32.2. The number of rotatable bonds is 2. The van der Waals surface area contributed by atoms with Gasteiger partial charge in [-0.05, 0) is 12.1 Å². The van der Waals surface area contributed by atoms with Crippen molar-refractivity contribution in [3.8, 4) is 0 Å². The highest BCUT2D eigenvalue weighted by Gasteiger charge is 2.35. The summed E-state index contributed by atoms with van der Waals surface area (Å²) in [6, 6.07) is 4.37. The third kappa shape index (κ3) is 2.09. The Balaban J connectivity index is 2.03. The number of thioether (sulfide) groups is 1. The summed E-state index contributed by atoms with van der Waals surface area (Å²) >= 11 is 1.44. The molecule has 3 rings (SSSR count). The van der Waals surface area contributed by atoms with Gasteiger partial charge in [-0.1, -0.05) is 6.07 Å². The van der Waals surface area contributed by atoms with Crippen LogP contribution in [0, 0.1) is 0 Å². The van der Waals surface area contributed by atoms with Crippen LogP contribution in [0.5, 0.6) is 0 Å². The normalized spacial score (nSPS) is 18.4. The molecule has 1 N–H and O–H groups in total. The minimum atomic E-state index is -0.977. The molecule has 1 aromatic heterocycles. The number of aromatic nitrogens is 2. The number of benzene rings is 1. The molecule has 2 heterocycles. The van der Waals surface area contributed by atoms with Gasteiger partial charge in [-0.15, -0.1) is 11.8 Å². The lowest BCUT2D eigenvalue weighted by atomic mass is 10.1. The second-order valence-corrected chi connectivity index (χ2v) is 5.36. The van der Waals surface area contributed by atoms with E-state index in [1.807, 2.05) is 0 Å². The van der Waals surface area contributed by atoms with E-state index >= 15 is 0 Å². The molecule has 0 aliphatic carbocycles. The molecule has 1 atom stereocenters. The van der Waals surface area contributed by atoms with E-state index in [1.165, 1.54) is 22.9 Å². The molecule has 0 radical (unpaired) electrons. The lowest BCUT2D eigenvalue weighted by molar-refractivity contribution is -0.140. The average molecular weight is 289 g/mol. The lowest BCUT2D eigenvalue weighted by Crippen LogP contribution is -2.41. The Kier molecular flexibility index (Phi) is 3.27. The van der Waals surface area contributed by atoms with Gasteiger partial charge >= 0.3 is 5.97 Å². The monoisotopic (exact) mass is 289 g/mol. The standard InChI is InChI=1S/C13H11N3O3S/c17-12(16-7-20-6-10(16)13(18)19)8-2-1-3-9-11(8)15-5-4-14-9/h1-5,10H,6-7H2,(H,18,19)/t10-/m0/s1. The van der Waals surface area contributed by atoms with E-state index in [4.69, 9.17) is 5.11 Å². The van der Waals surface area contributed by atoms with Crippen molar-refractivity contribution >= 4 is 34.7 Å². The molecule has 7 heteroatoms. The van der Waals surface area contributed by atoms with Gasteiger partial charge in [-0.25, -0.2) is 4.79 Å². The summed E-state index contributed by atoms with van der Waals surface area (Å²) in [4.78, 5) is 33.4. The largest absolute Gasteiger partial charge is 0.480 e. The zero-order valence-electron chi connectivity index (χ0n) is 10.4. The Bertz CT molecular complexity index is 686. The van der Waals surface area contributed by atoms with Gasteiger partial charge < -0.3 is 10.0 Å². The van der Waals surface area contributed by atoms with Crippen LogP contribution in [0.25, 0.3) is 11.0 Å². The molecular formula is C13H11N3O3S. The maximum absolute atomic E-state index is 12.6. The van der Waals surface area contributed by atoms with E-state index in [0.29, 0.717) is 28.2 Å². The molecule has 0 spiro atoms. The lowest BCUT2D eigenvalue weighted by Gasteiger charge is -2.20. The predicted molar refractivity (Wildman–Crippen MR) is 74.5 cm³/mol. The summed E-state index contributed by atoms with van der Waals surface area (Å²) in [6.07, 6.45) is 3.08. The summed E-state index contributed by atoms with van der Waals surface area (Å²) in [6.45, 7) is 0. The molecule has 2 aromatic rings. The Labute approximate surface area is 118 Å². The number of carboxylic acids is 1. The van der Waals surface area contributed by atoms with E-state index in [2.05, 4.69) is 9.97 Å². The van der Waals surface area contributed by atoms with Crippen molar-refractivity contribution in [2.75, 3.05) is 11.6 Å². The van der Waals surface area contributed by atoms with Crippen LogP contribution >= 0.6 is 11.8 Å². The first-order chi connectivity index (χ1) is 9.68. The van der Waals surface area contributed by atoms with E-state index in [-0.39, 0.29) is 5.91 Å². The van der Waals surface area contributed by atoms with Gasteiger partial charge in [0.15, 0.2) is 0 Å². The molecule has 1 aromatic carbocycles. The summed E-state index contributed by atoms with van der Waals surface area (Å²) in [5.41, 5.74) is 1.52. The van der Waals surface area contributed by atoms with Crippen LogP contribution in [0.1, 0.15) is 10.4 Å². The van der Waals surface area contributed by atoms with Crippen LogP contribution in [-0.4, -0.2) is 49.5 Å². The van der Waals surface area contributed by atoms with E-state index in [0.717, 1.165) is 0 Å². The number of hydrogen-bond acceptors (Lipinski definition) is 5. The first-order valence-corrected chi connectivity index (χ1v) is 7.15. The molecule has 102 valence electrons. The maximum atomic E-state index is 12.6. The highest BCUT2D eigenvalue weighted by Crippen LogP contribution is 2.25. The number of para-hydroxylation sites is 1.